The predicted octanol–water partition coefficient (Wildman–Crippen LogP) is 1.47. The van der Waals surface area contributed by atoms with E-state index in [1.54, 1.807) is 12.1 Å². The van der Waals surface area contributed by atoms with E-state index in [0.29, 0.717) is 10.8 Å². The summed E-state index contributed by atoms with van der Waals surface area (Å²) in [6.45, 7) is 0. The molecule has 1 aliphatic rings. The fraction of sp³-hybridized carbons (Fsp3) is 0.400. The first-order valence-electron chi connectivity index (χ1n) is 4.67. The Labute approximate surface area is 84.2 Å². The van der Waals surface area contributed by atoms with Crippen molar-refractivity contribution in [2.24, 2.45) is 0 Å². The summed E-state index contributed by atoms with van der Waals surface area (Å²) in [6.07, 6.45) is 2.47. The lowest BCUT2D eigenvalue weighted by Crippen LogP contribution is -2.18. The summed E-state index contributed by atoms with van der Waals surface area (Å²) in [5, 5.41) is 0. The molecule has 76 valence electrons. The van der Waals surface area contributed by atoms with Gasteiger partial charge in [-0.05, 0) is 43.5 Å². The zero-order valence-corrected chi connectivity index (χ0v) is 8.84. The van der Waals surface area contributed by atoms with Crippen molar-refractivity contribution in [3.05, 3.63) is 29.8 Å². The van der Waals surface area contributed by atoms with Crippen LogP contribution in [0.15, 0.2) is 29.2 Å². The number of nitrogens with one attached hydrogen (secondary N) is 1. The highest BCUT2D eigenvalue weighted by Crippen LogP contribution is 2.40. The summed E-state index contributed by atoms with van der Waals surface area (Å²) in [5.41, 5.74) is 1.25. The minimum atomic E-state index is -3.27. The molecule has 1 aromatic rings. The molecule has 0 unspecified atom stereocenters. The molecule has 0 amide bonds. The smallest absolute Gasteiger partial charge is 0.214 e. The second kappa shape index (κ2) is 3.37. The second-order valence-electron chi connectivity index (χ2n) is 3.55. The van der Waals surface area contributed by atoms with Crippen molar-refractivity contribution >= 4 is 10.0 Å². The van der Waals surface area contributed by atoms with Gasteiger partial charge in [0.25, 0.3) is 0 Å². The van der Waals surface area contributed by atoms with Crippen LogP contribution in [0.5, 0.6) is 0 Å². The number of hydrogen-bond acceptors (Lipinski definition) is 2. The Kier molecular flexibility index (Phi) is 2.33. The van der Waals surface area contributed by atoms with Crippen LogP contribution in [0.2, 0.25) is 0 Å². The Morgan fingerprint density at radius 2 is 1.79 bits per heavy atom. The van der Waals surface area contributed by atoms with Crippen LogP contribution in [0, 0.1) is 0 Å². The van der Waals surface area contributed by atoms with E-state index in [4.69, 9.17) is 0 Å². The van der Waals surface area contributed by atoms with Crippen molar-refractivity contribution < 1.29 is 8.42 Å². The topological polar surface area (TPSA) is 46.2 Å². The average molecular weight is 211 g/mol. The van der Waals surface area contributed by atoms with Crippen molar-refractivity contribution in [1.29, 1.82) is 0 Å². The third kappa shape index (κ3) is 1.81. The molecule has 0 aliphatic heterocycles. The molecule has 0 saturated heterocycles. The normalized spacial score (nSPS) is 16.9. The number of hydrogen-bond donors (Lipinski definition) is 1. The minimum absolute atomic E-state index is 0.337. The Morgan fingerprint density at radius 1 is 1.21 bits per heavy atom. The largest absolute Gasteiger partial charge is 0.240 e. The molecule has 14 heavy (non-hydrogen) atoms. The third-order valence-corrected chi connectivity index (χ3v) is 3.94. The lowest BCUT2D eigenvalue weighted by Gasteiger charge is -2.03. The Hall–Kier alpha value is -0.870. The van der Waals surface area contributed by atoms with Gasteiger partial charge in [-0.25, -0.2) is 13.1 Å². The third-order valence-electron chi connectivity index (χ3n) is 2.51. The average Bonchev–Trinajstić information content (AvgIpc) is 3.01. The van der Waals surface area contributed by atoms with E-state index in [1.807, 2.05) is 12.1 Å². The van der Waals surface area contributed by atoms with Crippen LogP contribution in [0.25, 0.3) is 0 Å². The summed E-state index contributed by atoms with van der Waals surface area (Å²) >= 11 is 0. The maximum Gasteiger partial charge on any atom is 0.240 e. The lowest BCUT2D eigenvalue weighted by atomic mass is 10.1. The predicted molar refractivity (Wildman–Crippen MR) is 54.7 cm³/mol. The van der Waals surface area contributed by atoms with Gasteiger partial charge in [-0.15, -0.1) is 0 Å². The maximum absolute atomic E-state index is 11.4. The van der Waals surface area contributed by atoms with E-state index in [0.717, 1.165) is 0 Å². The molecule has 1 N–H and O–H groups in total. The molecule has 0 heterocycles. The Bertz CT molecular complexity index is 418. The Balaban J connectivity index is 2.29. The molecule has 1 saturated carbocycles. The first-order valence-corrected chi connectivity index (χ1v) is 6.15. The van der Waals surface area contributed by atoms with Gasteiger partial charge in [-0.1, -0.05) is 12.1 Å². The maximum atomic E-state index is 11.4. The van der Waals surface area contributed by atoms with Gasteiger partial charge in [0, 0.05) is 0 Å². The van der Waals surface area contributed by atoms with Crippen LogP contribution in [0.4, 0.5) is 0 Å². The van der Waals surface area contributed by atoms with Gasteiger partial charge in [0.15, 0.2) is 0 Å². The van der Waals surface area contributed by atoms with E-state index in [-0.39, 0.29) is 0 Å². The summed E-state index contributed by atoms with van der Waals surface area (Å²) in [6, 6.07) is 7.14. The molecule has 0 radical (unpaired) electrons. The van der Waals surface area contributed by atoms with Gasteiger partial charge in [-0.2, -0.15) is 0 Å². The summed E-state index contributed by atoms with van der Waals surface area (Å²) < 4.78 is 25.1. The van der Waals surface area contributed by atoms with Crippen molar-refractivity contribution in [2.45, 2.75) is 23.7 Å². The number of benzene rings is 1. The van der Waals surface area contributed by atoms with Gasteiger partial charge < -0.3 is 0 Å². The van der Waals surface area contributed by atoms with E-state index in [9.17, 15) is 8.42 Å². The lowest BCUT2D eigenvalue weighted by molar-refractivity contribution is 0.588. The molecular formula is C10H13NO2S. The van der Waals surface area contributed by atoms with Gasteiger partial charge in [0.05, 0.1) is 4.90 Å². The van der Waals surface area contributed by atoms with Crippen LogP contribution in [0.1, 0.15) is 24.3 Å². The van der Waals surface area contributed by atoms with Crippen molar-refractivity contribution in [2.75, 3.05) is 7.05 Å². The molecule has 0 bridgehead atoms. The highest BCUT2D eigenvalue weighted by molar-refractivity contribution is 7.89. The fourth-order valence-corrected chi connectivity index (χ4v) is 2.18. The van der Waals surface area contributed by atoms with Crippen molar-refractivity contribution in [3.8, 4) is 0 Å². The SMILES string of the molecule is CNS(=O)(=O)c1ccc(C2CC2)cc1. The molecule has 2 rings (SSSR count). The highest BCUT2D eigenvalue weighted by atomic mass is 32.2. The summed E-state index contributed by atoms with van der Waals surface area (Å²) in [5.74, 6) is 0.668. The number of rotatable bonds is 3. The standard InChI is InChI=1S/C10H13NO2S/c1-11-14(12,13)10-6-4-9(5-7-10)8-2-3-8/h4-8,11H,2-3H2,1H3. The molecular weight excluding hydrogens is 198 g/mol. The van der Waals surface area contributed by atoms with Gasteiger partial charge in [0.2, 0.25) is 10.0 Å². The molecule has 3 nitrogen and oxygen atoms in total. The van der Waals surface area contributed by atoms with Crippen molar-refractivity contribution in [3.63, 3.8) is 0 Å². The van der Waals surface area contributed by atoms with Gasteiger partial charge >= 0.3 is 0 Å². The van der Waals surface area contributed by atoms with Crippen LogP contribution in [-0.4, -0.2) is 15.5 Å². The highest BCUT2D eigenvalue weighted by Gasteiger charge is 2.23. The monoisotopic (exact) mass is 211 g/mol. The summed E-state index contributed by atoms with van der Waals surface area (Å²) in [7, 11) is -1.85. The summed E-state index contributed by atoms with van der Waals surface area (Å²) in [4.78, 5) is 0.337. The minimum Gasteiger partial charge on any atom is -0.214 e. The molecule has 1 aliphatic carbocycles. The molecule has 0 spiro atoms. The first-order chi connectivity index (χ1) is 6.63. The quantitative estimate of drug-likeness (QED) is 0.823. The molecule has 4 heteroatoms. The number of sulfonamides is 1. The van der Waals surface area contributed by atoms with E-state index >= 15 is 0 Å². The Morgan fingerprint density at radius 3 is 2.21 bits per heavy atom. The fourth-order valence-electron chi connectivity index (χ4n) is 1.45. The van der Waals surface area contributed by atoms with Gasteiger partial charge in [0.1, 0.15) is 0 Å². The zero-order valence-electron chi connectivity index (χ0n) is 8.03. The molecule has 0 aromatic heterocycles. The van der Waals surface area contributed by atoms with E-state index in [1.165, 1.54) is 25.5 Å². The van der Waals surface area contributed by atoms with E-state index in [2.05, 4.69) is 4.72 Å². The molecule has 1 fully saturated rings. The van der Waals surface area contributed by atoms with Crippen LogP contribution in [0.3, 0.4) is 0 Å². The van der Waals surface area contributed by atoms with Crippen LogP contribution < -0.4 is 4.72 Å². The van der Waals surface area contributed by atoms with Crippen molar-refractivity contribution in [1.82, 2.24) is 4.72 Å². The second-order valence-corrected chi connectivity index (χ2v) is 5.44. The molecule has 0 atom stereocenters. The van der Waals surface area contributed by atoms with Gasteiger partial charge in [-0.3, -0.25) is 0 Å². The zero-order chi connectivity index (χ0) is 10.2. The van der Waals surface area contributed by atoms with Crippen LogP contribution >= 0.6 is 0 Å². The molecule has 1 aromatic carbocycles. The van der Waals surface area contributed by atoms with Crippen LogP contribution in [-0.2, 0) is 10.0 Å². The van der Waals surface area contributed by atoms with E-state index < -0.39 is 10.0 Å². The first kappa shape index (κ1) is 9.68.